The zero-order chi connectivity index (χ0) is 20.4. The molecule has 0 aliphatic carbocycles. The van der Waals surface area contributed by atoms with Crippen LogP contribution >= 0.6 is 0 Å². The van der Waals surface area contributed by atoms with Crippen LogP contribution in [0, 0.1) is 5.92 Å². The lowest BCUT2D eigenvalue weighted by Crippen LogP contribution is -2.37. The zero-order valence-corrected chi connectivity index (χ0v) is 17.8. The number of guanidine groups is 1. The molecule has 0 spiro atoms. The molecule has 0 amide bonds. The molecule has 28 heavy (non-hydrogen) atoms. The van der Waals surface area contributed by atoms with Crippen LogP contribution in [0.5, 0.6) is 0 Å². The first-order chi connectivity index (χ1) is 13.4. The lowest BCUT2D eigenvalue weighted by Gasteiger charge is -2.14. The Balaban J connectivity index is 1.66. The van der Waals surface area contributed by atoms with Crippen LogP contribution in [-0.2, 0) is 26.0 Å². The summed E-state index contributed by atoms with van der Waals surface area (Å²) in [6.45, 7) is 4.47. The number of hydrogen-bond donors (Lipinski definition) is 2. The number of aliphatic imine (C=N–C) groups is 1. The van der Waals surface area contributed by atoms with Gasteiger partial charge in [-0.25, -0.2) is 12.7 Å². The fraction of sp³-hybridized carbons (Fsp3) is 0.632. The molecule has 2 rings (SSSR count). The molecule has 1 atom stereocenters. The second-order valence-electron chi connectivity index (χ2n) is 6.94. The second-order valence-corrected chi connectivity index (χ2v) is 9.09. The lowest BCUT2D eigenvalue weighted by molar-refractivity contribution is 0.0888. The Morgan fingerprint density at radius 3 is 2.64 bits per heavy atom. The van der Waals surface area contributed by atoms with Crippen molar-refractivity contribution in [3.05, 3.63) is 29.8 Å². The molecule has 1 aromatic rings. The topological polar surface area (TPSA) is 92.3 Å². The molecule has 1 fully saturated rings. The summed E-state index contributed by atoms with van der Waals surface area (Å²) in [7, 11) is 1.37. The highest BCUT2D eigenvalue weighted by Gasteiger charge is 2.16. The minimum atomic E-state index is -3.40. The molecule has 1 heterocycles. The third kappa shape index (κ3) is 7.05. The van der Waals surface area contributed by atoms with Crippen LogP contribution in [-0.4, -0.2) is 72.8 Å². The first-order valence-electron chi connectivity index (χ1n) is 9.55. The average Bonchev–Trinajstić information content (AvgIpc) is 3.20. The summed E-state index contributed by atoms with van der Waals surface area (Å²) >= 11 is 0. The van der Waals surface area contributed by atoms with Gasteiger partial charge in [0.05, 0.1) is 18.1 Å². The van der Waals surface area contributed by atoms with Gasteiger partial charge in [0.25, 0.3) is 0 Å². The van der Waals surface area contributed by atoms with Crippen molar-refractivity contribution in [1.82, 2.24) is 14.9 Å². The summed E-state index contributed by atoms with van der Waals surface area (Å²) in [5, 5.41) is 6.47. The van der Waals surface area contributed by atoms with Gasteiger partial charge in [0.15, 0.2) is 5.96 Å². The molecule has 9 heteroatoms. The zero-order valence-electron chi connectivity index (χ0n) is 17.0. The van der Waals surface area contributed by atoms with Gasteiger partial charge in [0.1, 0.15) is 0 Å². The predicted molar refractivity (Wildman–Crippen MR) is 110 cm³/mol. The predicted octanol–water partition coefficient (Wildman–Crippen LogP) is 1.05. The van der Waals surface area contributed by atoms with Gasteiger partial charge in [0, 0.05) is 53.4 Å². The van der Waals surface area contributed by atoms with Crippen LogP contribution in [0.4, 0.5) is 0 Å². The first kappa shape index (κ1) is 22.6. The Morgan fingerprint density at radius 1 is 1.29 bits per heavy atom. The highest BCUT2D eigenvalue weighted by atomic mass is 32.2. The van der Waals surface area contributed by atoms with E-state index in [2.05, 4.69) is 15.6 Å². The van der Waals surface area contributed by atoms with Gasteiger partial charge in [-0.15, -0.1) is 0 Å². The fourth-order valence-electron chi connectivity index (χ4n) is 2.74. The monoisotopic (exact) mass is 412 g/mol. The number of ether oxygens (including phenoxy) is 2. The largest absolute Gasteiger partial charge is 0.381 e. The third-order valence-electron chi connectivity index (χ3n) is 4.52. The van der Waals surface area contributed by atoms with Gasteiger partial charge < -0.3 is 20.1 Å². The maximum Gasteiger partial charge on any atom is 0.242 e. The van der Waals surface area contributed by atoms with Gasteiger partial charge in [0.2, 0.25) is 10.0 Å². The summed E-state index contributed by atoms with van der Waals surface area (Å²) in [5.74, 6) is 1.25. The molecule has 2 N–H and O–H groups in total. The van der Waals surface area contributed by atoms with E-state index in [-0.39, 0.29) is 4.90 Å². The van der Waals surface area contributed by atoms with E-state index in [1.165, 1.54) is 18.4 Å². The van der Waals surface area contributed by atoms with E-state index in [0.29, 0.717) is 25.0 Å². The summed E-state index contributed by atoms with van der Waals surface area (Å²) in [4.78, 5) is 4.48. The van der Waals surface area contributed by atoms with Crippen molar-refractivity contribution < 1.29 is 17.9 Å². The van der Waals surface area contributed by atoms with Crippen molar-refractivity contribution >= 4 is 16.0 Å². The van der Waals surface area contributed by atoms with Crippen molar-refractivity contribution in [2.75, 3.05) is 54.1 Å². The molecule has 158 valence electrons. The highest BCUT2D eigenvalue weighted by molar-refractivity contribution is 7.89. The maximum absolute atomic E-state index is 12.1. The maximum atomic E-state index is 12.1. The molecule has 1 aromatic carbocycles. The smallest absolute Gasteiger partial charge is 0.242 e. The van der Waals surface area contributed by atoms with E-state index in [4.69, 9.17) is 9.47 Å². The van der Waals surface area contributed by atoms with E-state index >= 15 is 0 Å². The summed E-state index contributed by atoms with van der Waals surface area (Å²) < 4.78 is 36.4. The van der Waals surface area contributed by atoms with Gasteiger partial charge in [-0.3, -0.25) is 4.99 Å². The van der Waals surface area contributed by atoms with Crippen LogP contribution in [0.25, 0.3) is 0 Å². The van der Waals surface area contributed by atoms with Crippen LogP contribution in [0.3, 0.4) is 0 Å². The molecule has 1 aliphatic heterocycles. The summed E-state index contributed by atoms with van der Waals surface area (Å²) in [6, 6.07) is 6.85. The Hall–Kier alpha value is -1.68. The molecule has 0 bridgehead atoms. The van der Waals surface area contributed by atoms with E-state index in [0.717, 1.165) is 44.8 Å². The minimum Gasteiger partial charge on any atom is -0.381 e. The Kier molecular flexibility index (Phi) is 9.17. The van der Waals surface area contributed by atoms with Gasteiger partial charge in [-0.2, -0.15) is 0 Å². The third-order valence-corrected chi connectivity index (χ3v) is 6.35. The van der Waals surface area contributed by atoms with E-state index in [1.807, 2.05) is 0 Å². The van der Waals surface area contributed by atoms with Crippen LogP contribution in [0.2, 0.25) is 0 Å². The molecule has 1 saturated heterocycles. The summed E-state index contributed by atoms with van der Waals surface area (Å²) in [5.41, 5.74) is 0.975. The van der Waals surface area contributed by atoms with Crippen LogP contribution < -0.4 is 10.6 Å². The van der Waals surface area contributed by atoms with Crippen LogP contribution in [0.1, 0.15) is 18.4 Å². The average molecular weight is 413 g/mol. The SMILES string of the molecule is CN=C(NCCCOCC1CCOC1)NCc1ccc(S(=O)(=O)N(C)C)cc1. The van der Waals surface area contributed by atoms with Crippen molar-refractivity contribution in [2.24, 2.45) is 10.9 Å². The molecule has 1 aliphatic rings. The number of sulfonamides is 1. The van der Waals surface area contributed by atoms with E-state index in [9.17, 15) is 8.42 Å². The molecule has 0 saturated carbocycles. The van der Waals surface area contributed by atoms with Crippen molar-refractivity contribution in [1.29, 1.82) is 0 Å². The molecule has 0 radical (unpaired) electrons. The number of hydrogen-bond acceptors (Lipinski definition) is 5. The van der Waals surface area contributed by atoms with Gasteiger partial charge in [-0.1, -0.05) is 12.1 Å². The van der Waals surface area contributed by atoms with E-state index < -0.39 is 10.0 Å². The number of rotatable bonds is 10. The molecule has 8 nitrogen and oxygen atoms in total. The number of nitrogens with one attached hydrogen (secondary N) is 2. The standard InChI is InChI=1S/C19H32N4O4S/c1-20-19(21-10-4-11-26-14-17-9-12-27-15-17)22-13-16-5-7-18(8-6-16)28(24,25)23(2)3/h5-8,17H,4,9-15H2,1-3H3,(H2,20,21,22). The van der Waals surface area contributed by atoms with Crippen LogP contribution in [0.15, 0.2) is 34.2 Å². The highest BCUT2D eigenvalue weighted by Crippen LogP contribution is 2.14. The van der Waals surface area contributed by atoms with E-state index in [1.54, 1.807) is 31.3 Å². The summed E-state index contributed by atoms with van der Waals surface area (Å²) in [6.07, 6.45) is 1.99. The Bertz CT molecular complexity index is 714. The Morgan fingerprint density at radius 2 is 2.04 bits per heavy atom. The molecular formula is C19H32N4O4S. The fourth-order valence-corrected chi connectivity index (χ4v) is 3.64. The molecule has 1 unspecified atom stereocenters. The number of benzene rings is 1. The van der Waals surface area contributed by atoms with Gasteiger partial charge >= 0.3 is 0 Å². The molecule has 0 aromatic heterocycles. The number of nitrogens with zero attached hydrogens (tertiary/aromatic N) is 2. The van der Waals surface area contributed by atoms with Gasteiger partial charge in [-0.05, 0) is 30.5 Å². The van der Waals surface area contributed by atoms with Crippen molar-refractivity contribution in [3.63, 3.8) is 0 Å². The minimum absolute atomic E-state index is 0.285. The second kappa shape index (κ2) is 11.4. The lowest BCUT2D eigenvalue weighted by atomic mass is 10.1. The Labute approximate surface area is 168 Å². The quantitative estimate of drug-likeness (QED) is 0.339. The van der Waals surface area contributed by atoms with Crippen molar-refractivity contribution in [2.45, 2.75) is 24.3 Å². The van der Waals surface area contributed by atoms with Crippen molar-refractivity contribution in [3.8, 4) is 0 Å². The normalized spacial score (nSPS) is 17.9. The molecular weight excluding hydrogens is 380 g/mol. The first-order valence-corrected chi connectivity index (χ1v) is 11.0.